The van der Waals surface area contributed by atoms with Crippen molar-refractivity contribution in [1.82, 2.24) is 5.32 Å². The lowest BCUT2D eigenvalue weighted by Gasteiger charge is -2.25. The average molecular weight is 256 g/mol. The maximum atomic E-state index is 11.6. The molecule has 1 amide bonds. The maximum Gasteiger partial charge on any atom is 0.326 e. The van der Waals surface area contributed by atoms with Crippen molar-refractivity contribution in [2.24, 2.45) is 11.7 Å². The van der Waals surface area contributed by atoms with Gasteiger partial charge in [0, 0.05) is 0 Å². The van der Waals surface area contributed by atoms with Crippen LogP contribution in [0.2, 0.25) is 0 Å². The van der Waals surface area contributed by atoms with Crippen molar-refractivity contribution < 1.29 is 14.7 Å². The number of nitrogens with one attached hydrogen (secondary N) is 1. The first-order chi connectivity index (χ1) is 8.54. The van der Waals surface area contributed by atoms with E-state index in [2.05, 4.69) is 5.32 Å². The Labute approximate surface area is 108 Å². The quantitative estimate of drug-likeness (QED) is 0.667. The van der Waals surface area contributed by atoms with Crippen molar-refractivity contribution >= 4 is 11.9 Å². The first-order valence-corrected chi connectivity index (χ1v) is 6.83. The second-order valence-corrected chi connectivity index (χ2v) is 5.15. The Balaban J connectivity index is 2.48. The molecule has 0 aromatic rings. The average Bonchev–Trinajstić information content (AvgIpc) is 2.37. The van der Waals surface area contributed by atoms with Gasteiger partial charge in [-0.25, -0.2) is 4.79 Å². The minimum absolute atomic E-state index is 0.360. The minimum atomic E-state index is -0.961. The number of hydrogen-bond donors (Lipinski definition) is 3. The summed E-state index contributed by atoms with van der Waals surface area (Å²) in [6, 6.07) is -1.41. The Morgan fingerprint density at radius 2 is 1.94 bits per heavy atom. The molecule has 0 heterocycles. The van der Waals surface area contributed by atoms with Gasteiger partial charge in [0.25, 0.3) is 0 Å². The van der Waals surface area contributed by atoms with Crippen LogP contribution in [-0.4, -0.2) is 29.1 Å². The van der Waals surface area contributed by atoms with Gasteiger partial charge < -0.3 is 16.2 Å². The molecule has 1 rings (SSSR count). The van der Waals surface area contributed by atoms with Crippen LogP contribution in [0.4, 0.5) is 0 Å². The summed E-state index contributed by atoms with van der Waals surface area (Å²) in [6.45, 7) is 1.81. The van der Waals surface area contributed by atoms with Gasteiger partial charge >= 0.3 is 5.97 Å². The third-order valence-electron chi connectivity index (χ3n) is 3.68. The molecule has 0 bridgehead atoms. The van der Waals surface area contributed by atoms with Crippen LogP contribution in [0.1, 0.15) is 51.9 Å². The highest BCUT2D eigenvalue weighted by atomic mass is 16.4. The number of carboxylic acid groups (broad SMARTS) is 1. The zero-order valence-corrected chi connectivity index (χ0v) is 11.0. The monoisotopic (exact) mass is 256 g/mol. The number of carboxylic acids is 1. The molecule has 1 saturated carbocycles. The molecule has 5 heteroatoms. The molecule has 1 fully saturated rings. The third-order valence-corrected chi connectivity index (χ3v) is 3.68. The van der Waals surface area contributed by atoms with Crippen molar-refractivity contribution in [2.45, 2.75) is 64.0 Å². The largest absolute Gasteiger partial charge is 0.480 e. The van der Waals surface area contributed by atoms with Crippen LogP contribution in [0.15, 0.2) is 0 Å². The molecule has 2 atom stereocenters. The minimum Gasteiger partial charge on any atom is -0.480 e. The van der Waals surface area contributed by atoms with Crippen LogP contribution in [-0.2, 0) is 9.59 Å². The molecule has 5 nitrogen and oxygen atoms in total. The maximum absolute atomic E-state index is 11.6. The van der Waals surface area contributed by atoms with Gasteiger partial charge in [0.15, 0.2) is 0 Å². The van der Waals surface area contributed by atoms with Gasteiger partial charge in [-0.1, -0.05) is 39.0 Å². The smallest absolute Gasteiger partial charge is 0.326 e. The molecular weight excluding hydrogens is 232 g/mol. The lowest BCUT2D eigenvalue weighted by molar-refractivity contribution is -0.142. The number of amides is 1. The molecule has 0 saturated heterocycles. The van der Waals surface area contributed by atoms with Crippen molar-refractivity contribution in [1.29, 1.82) is 0 Å². The van der Waals surface area contributed by atoms with E-state index >= 15 is 0 Å². The normalized spacial score (nSPS) is 20.1. The van der Waals surface area contributed by atoms with Crippen molar-refractivity contribution in [2.75, 3.05) is 0 Å². The lowest BCUT2D eigenvalue weighted by atomic mass is 9.85. The molecule has 2 unspecified atom stereocenters. The fourth-order valence-corrected chi connectivity index (χ4v) is 2.44. The number of rotatable bonds is 6. The Bertz CT molecular complexity index is 288. The predicted molar refractivity (Wildman–Crippen MR) is 69.0 cm³/mol. The van der Waals surface area contributed by atoms with E-state index < -0.39 is 18.1 Å². The van der Waals surface area contributed by atoms with E-state index in [9.17, 15) is 9.59 Å². The molecular formula is C13H24N2O3. The zero-order valence-electron chi connectivity index (χ0n) is 11.0. The van der Waals surface area contributed by atoms with E-state index in [1.165, 1.54) is 19.3 Å². The predicted octanol–water partition coefficient (Wildman–Crippen LogP) is 1.26. The van der Waals surface area contributed by atoms with E-state index in [-0.39, 0.29) is 5.91 Å². The molecule has 18 heavy (non-hydrogen) atoms. The Morgan fingerprint density at radius 1 is 1.33 bits per heavy atom. The molecule has 0 aromatic carbocycles. The molecule has 1 aliphatic carbocycles. The summed E-state index contributed by atoms with van der Waals surface area (Å²) in [4.78, 5) is 22.8. The van der Waals surface area contributed by atoms with Gasteiger partial charge in [0.2, 0.25) is 5.91 Å². The standard InChI is InChI=1S/C13H24N2O3/c1-2-10(14)12(16)15-11(13(17)18)8-9-6-4-3-5-7-9/h9-11H,2-8,14H2,1H3,(H,15,16)(H,17,18). The van der Waals surface area contributed by atoms with Gasteiger partial charge in [-0.05, 0) is 18.8 Å². The highest BCUT2D eigenvalue weighted by molar-refractivity contribution is 5.86. The van der Waals surface area contributed by atoms with Crippen molar-refractivity contribution in [3.8, 4) is 0 Å². The first kappa shape index (κ1) is 15.0. The highest BCUT2D eigenvalue weighted by Crippen LogP contribution is 2.27. The van der Waals surface area contributed by atoms with Crippen LogP contribution in [0.5, 0.6) is 0 Å². The second-order valence-electron chi connectivity index (χ2n) is 5.15. The van der Waals surface area contributed by atoms with E-state index in [0.29, 0.717) is 18.8 Å². The SMILES string of the molecule is CCC(N)C(=O)NC(CC1CCCCC1)C(=O)O. The molecule has 4 N–H and O–H groups in total. The number of carbonyl (C=O) groups excluding carboxylic acids is 1. The Morgan fingerprint density at radius 3 is 2.44 bits per heavy atom. The number of nitrogens with two attached hydrogens (primary N) is 1. The summed E-state index contributed by atoms with van der Waals surface area (Å²) in [7, 11) is 0. The lowest BCUT2D eigenvalue weighted by Crippen LogP contribution is -2.48. The fraction of sp³-hybridized carbons (Fsp3) is 0.846. The molecule has 104 valence electrons. The third kappa shape index (κ3) is 4.64. The molecule has 0 radical (unpaired) electrons. The summed E-state index contributed by atoms with van der Waals surface area (Å²) < 4.78 is 0. The molecule has 0 spiro atoms. The summed E-state index contributed by atoms with van der Waals surface area (Å²) in [6.07, 6.45) is 6.75. The number of carbonyl (C=O) groups is 2. The topological polar surface area (TPSA) is 92.4 Å². The molecule has 0 aliphatic heterocycles. The summed E-state index contributed by atoms with van der Waals surface area (Å²) in [5, 5.41) is 11.7. The van der Waals surface area contributed by atoms with Gasteiger partial charge in [-0.3, -0.25) is 4.79 Å². The van der Waals surface area contributed by atoms with Gasteiger partial charge in [0.1, 0.15) is 6.04 Å². The fourth-order valence-electron chi connectivity index (χ4n) is 2.44. The highest BCUT2D eigenvalue weighted by Gasteiger charge is 2.26. The van der Waals surface area contributed by atoms with Crippen LogP contribution in [0, 0.1) is 5.92 Å². The van der Waals surface area contributed by atoms with E-state index in [1.54, 1.807) is 6.92 Å². The van der Waals surface area contributed by atoms with Crippen LogP contribution < -0.4 is 11.1 Å². The van der Waals surface area contributed by atoms with Crippen LogP contribution >= 0.6 is 0 Å². The summed E-state index contributed by atoms with van der Waals surface area (Å²) in [5.41, 5.74) is 5.59. The zero-order chi connectivity index (χ0) is 13.5. The second kappa shape index (κ2) is 7.36. The Hall–Kier alpha value is -1.10. The first-order valence-electron chi connectivity index (χ1n) is 6.83. The van der Waals surface area contributed by atoms with Gasteiger partial charge in [-0.2, -0.15) is 0 Å². The summed E-state index contributed by atoms with van der Waals surface area (Å²) in [5.74, 6) is -0.907. The van der Waals surface area contributed by atoms with Crippen LogP contribution in [0.3, 0.4) is 0 Å². The van der Waals surface area contributed by atoms with E-state index in [4.69, 9.17) is 10.8 Å². The van der Waals surface area contributed by atoms with E-state index in [0.717, 1.165) is 12.8 Å². The number of aliphatic carboxylic acids is 1. The molecule has 1 aliphatic rings. The van der Waals surface area contributed by atoms with Crippen LogP contribution in [0.25, 0.3) is 0 Å². The number of hydrogen-bond acceptors (Lipinski definition) is 3. The van der Waals surface area contributed by atoms with Gasteiger partial charge in [0.05, 0.1) is 6.04 Å². The van der Waals surface area contributed by atoms with E-state index in [1.807, 2.05) is 0 Å². The van der Waals surface area contributed by atoms with Crippen molar-refractivity contribution in [3.05, 3.63) is 0 Å². The molecule has 0 aromatic heterocycles. The summed E-state index contributed by atoms with van der Waals surface area (Å²) >= 11 is 0. The van der Waals surface area contributed by atoms with Crippen molar-refractivity contribution in [3.63, 3.8) is 0 Å². The van der Waals surface area contributed by atoms with Gasteiger partial charge in [-0.15, -0.1) is 0 Å². The Kier molecular flexibility index (Phi) is 6.12.